The van der Waals surface area contributed by atoms with E-state index in [0.717, 1.165) is 24.1 Å². The van der Waals surface area contributed by atoms with Crippen molar-refractivity contribution in [1.29, 1.82) is 0 Å². The van der Waals surface area contributed by atoms with Gasteiger partial charge in [-0.05, 0) is 42.9 Å². The second-order valence-electron chi connectivity index (χ2n) is 6.58. The predicted molar refractivity (Wildman–Crippen MR) is 120 cm³/mol. The molecule has 1 N–H and O–H groups in total. The zero-order valence-corrected chi connectivity index (χ0v) is 19.1. The van der Waals surface area contributed by atoms with Gasteiger partial charge >= 0.3 is 0 Å². The fourth-order valence-electron chi connectivity index (χ4n) is 2.79. The molecule has 0 aliphatic carbocycles. The van der Waals surface area contributed by atoms with E-state index in [2.05, 4.69) is 40.0 Å². The lowest BCUT2D eigenvalue weighted by molar-refractivity contribution is -0.113. The number of hydrogen-bond acceptors (Lipinski definition) is 5. The summed E-state index contributed by atoms with van der Waals surface area (Å²) in [6.07, 6.45) is 0. The Bertz CT molecular complexity index is 897. The quantitative estimate of drug-likeness (QED) is 0.527. The molecule has 2 rings (SSSR count). The van der Waals surface area contributed by atoms with Crippen LogP contribution in [0.5, 0.6) is 5.75 Å². The third-order valence-corrected chi connectivity index (χ3v) is 6.38. The molecule has 2 aromatic carbocycles. The molecule has 6 nitrogen and oxygen atoms in total. The lowest BCUT2D eigenvalue weighted by atomic mass is 10.2. The lowest BCUT2D eigenvalue weighted by Gasteiger charge is -2.19. The Hall–Kier alpha value is -1.90. The van der Waals surface area contributed by atoms with Crippen LogP contribution in [0, 0.1) is 0 Å². The van der Waals surface area contributed by atoms with Gasteiger partial charge in [-0.2, -0.15) is 0 Å². The summed E-state index contributed by atoms with van der Waals surface area (Å²) >= 11 is 3.31. The van der Waals surface area contributed by atoms with Crippen molar-refractivity contribution in [3.05, 3.63) is 58.6 Å². The highest BCUT2D eigenvalue weighted by molar-refractivity contribution is 9.10. The molecular weight excluding hydrogens is 456 g/mol. The number of carbonyl (C=O) groups excluding carboxylic acids is 1. The number of hydrogen-bond donors (Lipinski definition) is 1. The van der Waals surface area contributed by atoms with Gasteiger partial charge in [-0.15, -0.1) is 0 Å². The zero-order valence-electron chi connectivity index (χ0n) is 16.7. The van der Waals surface area contributed by atoms with Crippen molar-refractivity contribution in [2.45, 2.75) is 19.6 Å². The zero-order chi connectivity index (χ0) is 21.3. The van der Waals surface area contributed by atoms with E-state index in [9.17, 15) is 13.2 Å². The van der Waals surface area contributed by atoms with Gasteiger partial charge in [0.2, 0.25) is 5.91 Å². The summed E-state index contributed by atoms with van der Waals surface area (Å²) in [7, 11) is -3.59. The molecule has 0 aromatic heterocycles. The summed E-state index contributed by atoms with van der Waals surface area (Å²) in [5.41, 5.74) is 1.11. The van der Waals surface area contributed by atoms with Crippen LogP contribution in [-0.2, 0) is 20.4 Å². The number of halogens is 1. The van der Waals surface area contributed by atoms with E-state index >= 15 is 0 Å². The molecule has 0 heterocycles. The summed E-state index contributed by atoms with van der Waals surface area (Å²) in [5.74, 6) is -0.827. The molecule has 0 fully saturated rings. The van der Waals surface area contributed by atoms with Gasteiger partial charge in [-0.3, -0.25) is 4.79 Å². The Morgan fingerprint density at radius 3 is 2.38 bits per heavy atom. The molecule has 158 valence electrons. The van der Waals surface area contributed by atoms with E-state index in [1.165, 1.54) is 0 Å². The minimum absolute atomic E-state index is 0.185. The number of nitrogens with one attached hydrogen (secondary N) is 1. The van der Waals surface area contributed by atoms with Crippen LogP contribution in [0.2, 0.25) is 0 Å². The third-order valence-electron chi connectivity index (χ3n) is 4.37. The number of anilines is 1. The Labute approximate surface area is 181 Å². The van der Waals surface area contributed by atoms with Gasteiger partial charge in [-0.25, -0.2) is 8.42 Å². The van der Waals surface area contributed by atoms with Crippen molar-refractivity contribution < 1.29 is 17.9 Å². The van der Waals surface area contributed by atoms with Crippen molar-refractivity contribution in [1.82, 2.24) is 4.90 Å². The molecule has 0 aliphatic rings. The maximum atomic E-state index is 12.4. The molecule has 0 bridgehead atoms. The average molecular weight is 483 g/mol. The molecule has 0 aliphatic heterocycles. The maximum Gasteiger partial charge on any atom is 0.239 e. The topological polar surface area (TPSA) is 75.7 Å². The Morgan fingerprint density at radius 2 is 1.72 bits per heavy atom. The highest BCUT2D eigenvalue weighted by atomic mass is 79.9. The first-order valence-corrected chi connectivity index (χ1v) is 12.1. The van der Waals surface area contributed by atoms with Crippen LogP contribution in [0.25, 0.3) is 0 Å². The molecule has 0 saturated carbocycles. The number of nitrogens with zero attached hydrogens (tertiary/aromatic N) is 1. The molecule has 8 heteroatoms. The number of ether oxygens (including phenoxy) is 1. The maximum absolute atomic E-state index is 12.4. The number of carbonyl (C=O) groups is 1. The fourth-order valence-corrected chi connectivity index (χ4v) is 4.33. The first-order valence-electron chi connectivity index (χ1n) is 9.52. The molecule has 0 radical (unpaired) electrons. The molecular formula is C21H27BrN2O4S. The molecule has 0 spiro atoms. The SMILES string of the molecule is CCN(CC)CCOc1ccccc1NC(=O)CS(=O)(=O)Cc1ccc(Br)cc1. The summed E-state index contributed by atoms with van der Waals surface area (Å²) in [5, 5.41) is 2.66. The summed E-state index contributed by atoms with van der Waals surface area (Å²) in [4.78, 5) is 14.6. The van der Waals surface area contributed by atoms with Crippen LogP contribution >= 0.6 is 15.9 Å². The van der Waals surface area contributed by atoms with Gasteiger partial charge in [0.05, 0.1) is 11.4 Å². The highest BCUT2D eigenvalue weighted by Crippen LogP contribution is 2.24. The van der Waals surface area contributed by atoms with Crippen LogP contribution < -0.4 is 10.1 Å². The van der Waals surface area contributed by atoms with Crippen molar-refractivity contribution in [3.8, 4) is 5.75 Å². The number of benzene rings is 2. The van der Waals surface area contributed by atoms with E-state index in [4.69, 9.17) is 4.74 Å². The fraction of sp³-hybridized carbons (Fsp3) is 0.381. The Kier molecular flexibility index (Phi) is 9.13. The highest BCUT2D eigenvalue weighted by Gasteiger charge is 2.18. The molecule has 0 atom stereocenters. The molecule has 29 heavy (non-hydrogen) atoms. The van der Waals surface area contributed by atoms with Crippen LogP contribution in [0.3, 0.4) is 0 Å². The molecule has 0 saturated heterocycles. The Morgan fingerprint density at radius 1 is 1.07 bits per heavy atom. The van der Waals surface area contributed by atoms with Crippen molar-refractivity contribution >= 4 is 37.4 Å². The van der Waals surface area contributed by atoms with Gasteiger partial charge in [-0.1, -0.05) is 54.0 Å². The number of sulfone groups is 1. The van der Waals surface area contributed by atoms with Gasteiger partial charge < -0.3 is 15.0 Å². The molecule has 2 aromatic rings. The number of para-hydroxylation sites is 2. The van der Waals surface area contributed by atoms with E-state index in [1.807, 2.05) is 6.07 Å². The second kappa shape index (κ2) is 11.3. The van der Waals surface area contributed by atoms with E-state index in [1.54, 1.807) is 42.5 Å². The Balaban J connectivity index is 1.95. The van der Waals surface area contributed by atoms with Crippen molar-refractivity contribution in [3.63, 3.8) is 0 Å². The minimum Gasteiger partial charge on any atom is -0.490 e. The number of amides is 1. The smallest absolute Gasteiger partial charge is 0.239 e. The van der Waals surface area contributed by atoms with E-state index < -0.39 is 21.5 Å². The van der Waals surface area contributed by atoms with E-state index in [0.29, 0.717) is 23.6 Å². The van der Waals surface area contributed by atoms with Crippen LogP contribution in [0.15, 0.2) is 53.0 Å². The summed E-state index contributed by atoms with van der Waals surface area (Å²) in [6.45, 7) is 7.31. The van der Waals surface area contributed by atoms with Crippen LogP contribution in [0.1, 0.15) is 19.4 Å². The lowest BCUT2D eigenvalue weighted by Crippen LogP contribution is -2.28. The summed E-state index contributed by atoms with van der Waals surface area (Å²) < 4.78 is 31.4. The van der Waals surface area contributed by atoms with E-state index in [-0.39, 0.29) is 5.75 Å². The number of rotatable bonds is 11. The van der Waals surface area contributed by atoms with Gasteiger partial charge in [0.15, 0.2) is 9.84 Å². The third kappa shape index (κ3) is 8.16. The minimum atomic E-state index is -3.59. The van der Waals surface area contributed by atoms with Crippen molar-refractivity contribution in [2.24, 2.45) is 0 Å². The van der Waals surface area contributed by atoms with Crippen LogP contribution in [-0.4, -0.2) is 51.2 Å². The standard InChI is InChI=1S/C21H27BrN2O4S/c1-3-24(4-2)13-14-28-20-8-6-5-7-19(20)23-21(25)16-29(26,27)15-17-9-11-18(22)12-10-17/h5-12H,3-4,13-16H2,1-2H3,(H,23,25). The largest absolute Gasteiger partial charge is 0.490 e. The second-order valence-corrected chi connectivity index (χ2v) is 9.56. The first-order chi connectivity index (χ1) is 13.8. The van der Waals surface area contributed by atoms with Gasteiger partial charge in [0.25, 0.3) is 0 Å². The number of likely N-dealkylation sites (N-methyl/N-ethyl adjacent to an activating group) is 1. The molecule has 1 amide bonds. The molecule has 0 unspecified atom stereocenters. The first kappa shape index (κ1) is 23.4. The van der Waals surface area contributed by atoms with Gasteiger partial charge in [0.1, 0.15) is 18.1 Å². The van der Waals surface area contributed by atoms with Gasteiger partial charge in [0, 0.05) is 11.0 Å². The normalized spacial score (nSPS) is 11.4. The van der Waals surface area contributed by atoms with Crippen LogP contribution in [0.4, 0.5) is 5.69 Å². The summed E-state index contributed by atoms with van der Waals surface area (Å²) in [6, 6.07) is 14.0. The predicted octanol–water partition coefficient (Wildman–Crippen LogP) is 3.72. The van der Waals surface area contributed by atoms with Crippen molar-refractivity contribution in [2.75, 3.05) is 37.3 Å². The average Bonchev–Trinajstić information content (AvgIpc) is 2.67. The monoisotopic (exact) mass is 482 g/mol.